The quantitative estimate of drug-likeness (QED) is 0.123. The molecule has 3 heterocycles. The number of hydrogen-bond donors (Lipinski definition) is 0. The predicted molar refractivity (Wildman–Crippen MR) is 363 cm³/mol. The summed E-state index contributed by atoms with van der Waals surface area (Å²) in [6.07, 6.45) is 0. The number of rotatable bonds is 4. The third-order valence-corrected chi connectivity index (χ3v) is 20.8. The fourth-order valence-electron chi connectivity index (χ4n) is 13.8. The van der Waals surface area contributed by atoms with Gasteiger partial charge in [0.1, 0.15) is 0 Å². The first kappa shape index (κ1) is 51.7. The SMILES string of the molecule is CC(C)(C)c1ccc2c(c1)c1cc(C(C)(C)C)ccc1n2-c1c2ccccc2c(-c2ccc3c(c2)[se]c2c(-c4c5ccccc5c(-n5c6ccc(C(C)(C)C)cc6c6cc(C(C)(C)C)ccc65)c5ccccc45)cccc23)c2ccccc12. The molecule has 0 amide bonds. The van der Waals surface area contributed by atoms with Gasteiger partial charge >= 0.3 is 403 Å². The van der Waals surface area contributed by atoms with Crippen LogP contribution in [0.25, 0.3) is 140 Å². The Labute approximate surface area is 493 Å². The van der Waals surface area contributed by atoms with Crippen LogP contribution >= 0.6 is 0 Å². The van der Waals surface area contributed by atoms with Gasteiger partial charge in [-0.05, 0) is 10.8 Å². The Balaban J connectivity index is 0.943. The Morgan fingerprint density at radius 2 is 0.590 bits per heavy atom. The summed E-state index contributed by atoms with van der Waals surface area (Å²) in [7, 11) is 0. The van der Waals surface area contributed by atoms with E-state index in [0.29, 0.717) is 0 Å². The summed E-state index contributed by atoms with van der Waals surface area (Å²) in [5.41, 5.74) is 18.1. The monoisotopic (exact) mass is 1140 g/mol. The van der Waals surface area contributed by atoms with Crippen LogP contribution in [0.1, 0.15) is 105 Å². The van der Waals surface area contributed by atoms with E-state index in [1.165, 1.54) is 162 Å². The number of benzene rings is 12. The first-order valence-corrected chi connectivity index (χ1v) is 31.5. The Bertz CT molecular complexity index is 4980. The molecule has 0 unspecified atom stereocenters. The van der Waals surface area contributed by atoms with Crippen LogP contribution in [0.15, 0.2) is 206 Å². The van der Waals surface area contributed by atoms with Crippen molar-refractivity contribution in [1.82, 2.24) is 9.13 Å². The van der Waals surface area contributed by atoms with Crippen LogP contribution in [0.4, 0.5) is 0 Å². The van der Waals surface area contributed by atoms with E-state index in [1.54, 1.807) is 0 Å². The molecule has 0 atom stereocenters. The van der Waals surface area contributed by atoms with Gasteiger partial charge in [0.25, 0.3) is 0 Å². The molecule has 83 heavy (non-hydrogen) atoms. The summed E-state index contributed by atoms with van der Waals surface area (Å²) in [4.78, 5) is 0. The van der Waals surface area contributed by atoms with Gasteiger partial charge in [0.15, 0.2) is 0 Å². The number of fused-ring (bicyclic) bond motifs is 13. The van der Waals surface area contributed by atoms with Crippen molar-refractivity contribution >= 4 is 120 Å². The number of hydrogen-bond acceptors (Lipinski definition) is 0. The van der Waals surface area contributed by atoms with Crippen molar-refractivity contribution in [2.75, 3.05) is 0 Å². The standard InChI is InChI=1S/C80H70N2Se/c1-77(2,3)48-33-38-67-63(43-48)64-44-49(78(4,5)6)34-39-68(64)81(67)74-57-26-17-13-22-53(57)72(54-23-14-18-27-58(54)74)47-32-37-52-61-30-21-31-62(76(61)83-71(52)42-47)73-55-24-15-19-28-59(55)75(60-29-20-16-25-56(60)73)82-69-40-35-50(79(7,8)9)45-65(69)66-46-51(80(10,11)12)36-41-70(66)82/h13-46H,1-12H3. The maximum atomic E-state index is 2.59. The van der Waals surface area contributed by atoms with Crippen LogP contribution in [-0.4, -0.2) is 23.6 Å². The van der Waals surface area contributed by atoms with E-state index < -0.39 is 0 Å². The minimum absolute atomic E-state index is 0.0163. The van der Waals surface area contributed by atoms with Gasteiger partial charge in [0.2, 0.25) is 0 Å². The molecular weight excluding hydrogens is 1070 g/mol. The van der Waals surface area contributed by atoms with E-state index in [1.807, 2.05) is 0 Å². The third kappa shape index (κ3) is 7.95. The zero-order valence-electron chi connectivity index (χ0n) is 49.9. The predicted octanol–water partition coefficient (Wildman–Crippen LogP) is 22.4. The fourth-order valence-corrected chi connectivity index (χ4v) is 16.5. The molecule has 3 aromatic heterocycles. The molecule has 0 aliphatic carbocycles. The van der Waals surface area contributed by atoms with Gasteiger partial charge in [-0.25, -0.2) is 0 Å². The first-order chi connectivity index (χ1) is 39.7. The third-order valence-electron chi connectivity index (χ3n) is 18.3. The molecule has 0 N–H and O–H groups in total. The normalized spacial score (nSPS) is 13.1. The zero-order chi connectivity index (χ0) is 57.2. The molecule has 0 saturated heterocycles. The molecule has 0 aliphatic rings. The summed E-state index contributed by atoms with van der Waals surface area (Å²) < 4.78 is 8.05. The van der Waals surface area contributed by atoms with E-state index in [-0.39, 0.29) is 36.2 Å². The average molecular weight is 1140 g/mol. The molecule has 0 bridgehead atoms. The molecule has 0 fully saturated rings. The van der Waals surface area contributed by atoms with Crippen molar-refractivity contribution in [2.45, 2.75) is 105 Å². The second-order valence-electron chi connectivity index (χ2n) is 27.7. The second-order valence-corrected chi connectivity index (χ2v) is 29.9. The summed E-state index contributed by atoms with van der Waals surface area (Å²) in [6.45, 7) is 27.9. The average Bonchev–Trinajstić information content (AvgIpc) is 2.14. The van der Waals surface area contributed by atoms with Gasteiger partial charge in [-0.2, -0.15) is 0 Å². The molecular formula is C80H70N2Se. The van der Waals surface area contributed by atoms with Crippen molar-refractivity contribution < 1.29 is 0 Å². The summed E-state index contributed by atoms with van der Waals surface area (Å²) in [5.74, 6) is 0. The van der Waals surface area contributed by atoms with E-state index in [9.17, 15) is 0 Å². The second kappa shape index (κ2) is 18.1. The van der Waals surface area contributed by atoms with Gasteiger partial charge in [-0.3, -0.25) is 0 Å². The van der Waals surface area contributed by atoms with Crippen LogP contribution < -0.4 is 0 Å². The van der Waals surface area contributed by atoms with Gasteiger partial charge in [-0.15, -0.1) is 0 Å². The molecule has 15 rings (SSSR count). The van der Waals surface area contributed by atoms with Crippen LogP contribution in [0.5, 0.6) is 0 Å². The number of nitrogens with zero attached hydrogens (tertiary/aromatic N) is 2. The van der Waals surface area contributed by atoms with Gasteiger partial charge in [-0.1, -0.05) is 83.1 Å². The Hall–Kier alpha value is -8.20. The van der Waals surface area contributed by atoms with Gasteiger partial charge in [0, 0.05) is 0 Å². The van der Waals surface area contributed by atoms with Gasteiger partial charge < -0.3 is 0 Å². The van der Waals surface area contributed by atoms with Crippen molar-refractivity contribution in [1.29, 1.82) is 0 Å². The summed E-state index contributed by atoms with van der Waals surface area (Å²) in [6, 6.07) is 80.1. The summed E-state index contributed by atoms with van der Waals surface area (Å²) in [5, 5.41) is 18.0. The summed E-state index contributed by atoms with van der Waals surface area (Å²) >= 11 is 0.0346. The van der Waals surface area contributed by atoms with E-state index >= 15 is 0 Å². The molecule has 0 saturated carbocycles. The molecule has 12 aromatic carbocycles. The van der Waals surface area contributed by atoms with E-state index in [0.717, 1.165) is 0 Å². The molecule has 3 heteroatoms. The van der Waals surface area contributed by atoms with Crippen LogP contribution in [0.3, 0.4) is 0 Å². The van der Waals surface area contributed by atoms with E-state index in [4.69, 9.17) is 0 Å². The van der Waals surface area contributed by atoms with Crippen molar-refractivity contribution in [3.05, 3.63) is 229 Å². The Kier molecular flexibility index (Phi) is 11.3. The zero-order valence-corrected chi connectivity index (χ0v) is 51.6. The van der Waals surface area contributed by atoms with Crippen LogP contribution in [0.2, 0.25) is 0 Å². The van der Waals surface area contributed by atoms with Crippen molar-refractivity contribution in [3.8, 4) is 33.6 Å². The molecule has 0 aliphatic heterocycles. The van der Waals surface area contributed by atoms with Crippen molar-refractivity contribution in [2.24, 2.45) is 0 Å². The van der Waals surface area contributed by atoms with Crippen LogP contribution in [-0.2, 0) is 21.7 Å². The first-order valence-electron chi connectivity index (χ1n) is 29.7. The molecule has 406 valence electrons. The van der Waals surface area contributed by atoms with Crippen molar-refractivity contribution in [3.63, 3.8) is 0 Å². The molecule has 0 spiro atoms. The molecule has 2 nitrogen and oxygen atoms in total. The Morgan fingerprint density at radius 3 is 0.940 bits per heavy atom. The minimum atomic E-state index is 0.0163. The van der Waals surface area contributed by atoms with E-state index in [2.05, 4.69) is 298 Å². The molecule has 15 aromatic rings. The van der Waals surface area contributed by atoms with Crippen LogP contribution in [0, 0.1) is 0 Å². The Morgan fingerprint density at radius 1 is 0.265 bits per heavy atom. The number of aromatic nitrogens is 2. The molecule has 0 radical (unpaired) electrons. The topological polar surface area (TPSA) is 9.86 Å². The maximum absolute atomic E-state index is 2.59. The van der Waals surface area contributed by atoms with Gasteiger partial charge in [0.05, 0.1) is 0 Å². The fraction of sp³-hybridized carbons (Fsp3) is 0.200.